The second-order valence-electron chi connectivity index (χ2n) is 16.0. The van der Waals surface area contributed by atoms with E-state index in [1.54, 1.807) is 0 Å². The monoisotopic (exact) mass is 758 g/mol. The first-order valence-corrected chi connectivity index (χ1v) is 20.8. The molecule has 278 valence electrons. The van der Waals surface area contributed by atoms with E-state index in [-0.39, 0.29) is 0 Å². The van der Waals surface area contributed by atoms with Gasteiger partial charge >= 0.3 is 0 Å². The van der Waals surface area contributed by atoms with Crippen molar-refractivity contribution in [3.8, 4) is 55.6 Å². The molecule has 0 saturated carbocycles. The van der Waals surface area contributed by atoms with Crippen molar-refractivity contribution in [3.63, 3.8) is 0 Å². The summed E-state index contributed by atoms with van der Waals surface area (Å²) in [7, 11) is 0. The summed E-state index contributed by atoms with van der Waals surface area (Å²) < 4.78 is 0. The van der Waals surface area contributed by atoms with E-state index >= 15 is 0 Å². The SMILES string of the molecule is c1cc(-c2ccc3ccccc3c2)cc(-c2c3ccccc3c(-c3cccc(-c4ccc5ccccc5c4)c3)c3cc(-c4cc5ccccc5c5ccccc45)ccc23)c1. The predicted octanol–water partition coefficient (Wildman–Crippen LogP) is 16.9. The Balaban J connectivity index is 1.13. The molecule has 0 bridgehead atoms. The Morgan fingerprint density at radius 3 is 1.18 bits per heavy atom. The van der Waals surface area contributed by atoms with Crippen LogP contribution in [0.25, 0.3) is 120 Å². The first kappa shape index (κ1) is 34.3. The summed E-state index contributed by atoms with van der Waals surface area (Å²) in [5, 5.41) is 15.0. The summed E-state index contributed by atoms with van der Waals surface area (Å²) in [5.74, 6) is 0. The minimum atomic E-state index is 1.21. The largest absolute Gasteiger partial charge is 0.0616 e. The van der Waals surface area contributed by atoms with E-state index in [1.807, 2.05) is 0 Å². The molecule has 0 aliphatic carbocycles. The van der Waals surface area contributed by atoms with Crippen LogP contribution in [0.5, 0.6) is 0 Å². The van der Waals surface area contributed by atoms with E-state index in [9.17, 15) is 0 Å². The zero-order chi connectivity index (χ0) is 39.6. The highest BCUT2D eigenvalue weighted by molar-refractivity contribution is 6.23. The van der Waals surface area contributed by atoms with Crippen molar-refractivity contribution in [2.24, 2.45) is 0 Å². The summed E-state index contributed by atoms with van der Waals surface area (Å²) >= 11 is 0. The number of rotatable bonds is 5. The van der Waals surface area contributed by atoms with Gasteiger partial charge in [0, 0.05) is 0 Å². The van der Waals surface area contributed by atoms with Crippen LogP contribution in [-0.4, -0.2) is 0 Å². The number of benzene rings is 12. The van der Waals surface area contributed by atoms with Crippen molar-refractivity contribution in [3.05, 3.63) is 231 Å². The van der Waals surface area contributed by atoms with Gasteiger partial charge in [-0.1, -0.05) is 194 Å². The van der Waals surface area contributed by atoms with Gasteiger partial charge in [0.15, 0.2) is 0 Å². The Hall–Kier alpha value is -7.80. The van der Waals surface area contributed by atoms with E-state index in [2.05, 4.69) is 231 Å². The van der Waals surface area contributed by atoms with Gasteiger partial charge in [-0.3, -0.25) is 0 Å². The lowest BCUT2D eigenvalue weighted by Gasteiger charge is -2.20. The molecule has 0 spiro atoms. The lowest BCUT2D eigenvalue weighted by molar-refractivity contribution is 1.61. The topological polar surface area (TPSA) is 0 Å². The van der Waals surface area contributed by atoms with Crippen LogP contribution in [0.15, 0.2) is 231 Å². The van der Waals surface area contributed by atoms with Crippen LogP contribution in [0.2, 0.25) is 0 Å². The highest BCUT2D eigenvalue weighted by Crippen LogP contribution is 2.47. The van der Waals surface area contributed by atoms with Crippen molar-refractivity contribution >= 4 is 64.6 Å². The fraction of sp³-hybridized carbons (Fsp3) is 0. The van der Waals surface area contributed by atoms with Gasteiger partial charge in [0.25, 0.3) is 0 Å². The molecule has 0 amide bonds. The Bertz CT molecular complexity index is 3660. The molecule has 0 N–H and O–H groups in total. The van der Waals surface area contributed by atoms with Crippen LogP contribution in [0.3, 0.4) is 0 Å². The lowest BCUT2D eigenvalue weighted by Crippen LogP contribution is -1.93. The average Bonchev–Trinajstić information content (AvgIpc) is 3.32. The molecule has 0 unspecified atom stereocenters. The predicted molar refractivity (Wildman–Crippen MR) is 259 cm³/mol. The summed E-state index contributed by atoms with van der Waals surface area (Å²) in [6, 6.07) is 85.4. The zero-order valence-corrected chi connectivity index (χ0v) is 32.9. The van der Waals surface area contributed by atoms with Gasteiger partial charge in [0.1, 0.15) is 0 Å². The Morgan fingerprint density at radius 2 is 0.583 bits per heavy atom. The van der Waals surface area contributed by atoms with E-state index in [0.717, 1.165) is 0 Å². The van der Waals surface area contributed by atoms with Gasteiger partial charge in [-0.25, -0.2) is 0 Å². The number of hydrogen-bond acceptors (Lipinski definition) is 0. The van der Waals surface area contributed by atoms with Gasteiger partial charge in [-0.2, -0.15) is 0 Å². The van der Waals surface area contributed by atoms with Gasteiger partial charge in [-0.05, 0) is 157 Å². The quantitative estimate of drug-likeness (QED) is 0.121. The van der Waals surface area contributed by atoms with Crippen molar-refractivity contribution < 1.29 is 0 Å². The molecular formula is C60H38. The highest BCUT2D eigenvalue weighted by Gasteiger charge is 2.19. The average molecular weight is 759 g/mol. The Labute approximate surface area is 349 Å². The molecule has 0 heteroatoms. The molecular weight excluding hydrogens is 721 g/mol. The minimum absolute atomic E-state index is 1.21. The fourth-order valence-electron chi connectivity index (χ4n) is 9.71. The second-order valence-corrected chi connectivity index (χ2v) is 16.0. The van der Waals surface area contributed by atoms with Gasteiger partial charge < -0.3 is 0 Å². The van der Waals surface area contributed by atoms with Crippen molar-refractivity contribution in [2.75, 3.05) is 0 Å². The van der Waals surface area contributed by atoms with Crippen LogP contribution in [0, 0.1) is 0 Å². The molecule has 0 radical (unpaired) electrons. The molecule has 0 heterocycles. The first-order valence-electron chi connectivity index (χ1n) is 20.8. The zero-order valence-electron chi connectivity index (χ0n) is 32.9. The van der Waals surface area contributed by atoms with Gasteiger partial charge in [0.05, 0.1) is 0 Å². The molecule has 12 aromatic carbocycles. The molecule has 0 atom stereocenters. The lowest BCUT2D eigenvalue weighted by atomic mass is 9.83. The first-order chi connectivity index (χ1) is 29.7. The highest BCUT2D eigenvalue weighted by atomic mass is 14.2. The maximum absolute atomic E-state index is 2.47. The molecule has 0 nitrogen and oxygen atoms in total. The molecule has 0 saturated heterocycles. The molecule has 0 fully saturated rings. The van der Waals surface area contributed by atoms with E-state index in [1.165, 1.54) is 120 Å². The summed E-state index contributed by atoms with van der Waals surface area (Å²) in [6.45, 7) is 0. The third kappa shape index (κ3) is 5.69. The fourth-order valence-corrected chi connectivity index (χ4v) is 9.71. The van der Waals surface area contributed by atoms with E-state index in [4.69, 9.17) is 0 Å². The molecule has 0 aliphatic heterocycles. The number of hydrogen-bond donors (Lipinski definition) is 0. The molecule has 12 rings (SSSR count). The van der Waals surface area contributed by atoms with Crippen molar-refractivity contribution in [1.29, 1.82) is 0 Å². The molecule has 60 heavy (non-hydrogen) atoms. The van der Waals surface area contributed by atoms with Crippen LogP contribution < -0.4 is 0 Å². The second kappa shape index (κ2) is 13.9. The normalized spacial score (nSPS) is 11.7. The summed E-state index contributed by atoms with van der Waals surface area (Å²) in [5.41, 5.74) is 12.2. The van der Waals surface area contributed by atoms with Gasteiger partial charge in [-0.15, -0.1) is 0 Å². The van der Waals surface area contributed by atoms with Crippen molar-refractivity contribution in [2.45, 2.75) is 0 Å². The van der Waals surface area contributed by atoms with Crippen LogP contribution in [0.1, 0.15) is 0 Å². The van der Waals surface area contributed by atoms with Crippen LogP contribution in [0.4, 0.5) is 0 Å². The number of fused-ring (bicyclic) bond motifs is 7. The van der Waals surface area contributed by atoms with E-state index in [0.29, 0.717) is 0 Å². The maximum Gasteiger partial charge on any atom is -0.00259 e. The maximum atomic E-state index is 2.47. The Morgan fingerprint density at radius 1 is 0.167 bits per heavy atom. The molecule has 0 aliphatic rings. The minimum Gasteiger partial charge on any atom is -0.0616 e. The summed E-state index contributed by atoms with van der Waals surface area (Å²) in [4.78, 5) is 0. The van der Waals surface area contributed by atoms with Crippen molar-refractivity contribution in [1.82, 2.24) is 0 Å². The molecule has 0 aromatic heterocycles. The standard InChI is InChI=1S/C60H38/c1-3-15-41-33-45(29-27-39(41)13-1)43-18-11-20-49(35-43)59-54-25-9-10-26-55(54)60(50-21-12-19-44(36-50)46-30-28-40-14-2-4-16-42(40)34-46)58-38-48(31-32-56(58)59)57-37-47-17-5-6-22-51(47)52-23-7-8-24-53(52)57/h1-38H. The van der Waals surface area contributed by atoms with Gasteiger partial charge in [0.2, 0.25) is 0 Å². The van der Waals surface area contributed by atoms with Crippen LogP contribution in [-0.2, 0) is 0 Å². The smallest absolute Gasteiger partial charge is 0.00259 e. The Kier molecular flexibility index (Phi) is 7.96. The third-order valence-corrected chi connectivity index (χ3v) is 12.6. The van der Waals surface area contributed by atoms with E-state index < -0.39 is 0 Å². The molecule has 12 aromatic rings. The summed E-state index contributed by atoms with van der Waals surface area (Å²) in [6.07, 6.45) is 0. The van der Waals surface area contributed by atoms with Crippen LogP contribution >= 0.6 is 0 Å². The third-order valence-electron chi connectivity index (χ3n) is 12.6.